The molecule has 5 nitrogen and oxygen atoms in total. The first kappa shape index (κ1) is 17.8. The Balaban J connectivity index is 1.38. The first-order valence-corrected chi connectivity index (χ1v) is 10.1. The van der Waals surface area contributed by atoms with Crippen LogP contribution in [-0.4, -0.2) is 26.4 Å². The van der Waals surface area contributed by atoms with E-state index in [1.807, 2.05) is 48.0 Å². The molecule has 1 aliphatic rings. The normalized spacial score (nSPS) is 13.5. The van der Waals surface area contributed by atoms with Crippen LogP contribution in [0.1, 0.15) is 35.7 Å². The van der Waals surface area contributed by atoms with Gasteiger partial charge in [-0.1, -0.05) is 60.3 Å². The van der Waals surface area contributed by atoms with E-state index in [0.29, 0.717) is 11.7 Å². The molecule has 0 atom stereocenters. The molecule has 0 saturated heterocycles. The van der Waals surface area contributed by atoms with Crippen LogP contribution in [0.15, 0.2) is 59.8 Å². The van der Waals surface area contributed by atoms with Crippen molar-refractivity contribution < 1.29 is 4.79 Å². The Hall–Kier alpha value is -2.60. The Kier molecular flexibility index (Phi) is 5.25. The molecule has 1 fully saturated rings. The van der Waals surface area contributed by atoms with E-state index in [1.54, 1.807) is 0 Å². The van der Waals surface area contributed by atoms with Crippen molar-refractivity contribution in [2.75, 3.05) is 11.1 Å². The van der Waals surface area contributed by atoms with Crippen LogP contribution < -0.4 is 5.32 Å². The number of benzene rings is 2. The van der Waals surface area contributed by atoms with E-state index in [1.165, 1.54) is 30.2 Å². The molecule has 138 valence electrons. The van der Waals surface area contributed by atoms with Crippen LogP contribution in [0.2, 0.25) is 0 Å². The van der Waals surface area contributed by atoms with Crippen molar-refractivity contribution in [1.29, 1.82) is 0 Å². The predicted octanol–water partition coefficient (Wildman–Crippen LogP) is 4.01. The molecule has 27 heavy (non-hydrogen) atoms. The van der Waals surface area contributed by atoms with Gasteiger partial charge in [-0.05, 0) is 36.5 Å². The zero-order valence-electron chi connectivity index (χ0n) is 15.3. The van der Waals surface area contributed by atoms with Crippen LogP contribution in [0, 0.1) is 0 Å². The monoisotopic (exact) mass is 378 g/mol. The number of anilines is 1. The summed E-state index contributed by atoms with van der Waals surface area (Å²) in [7, 11) is 1.98. The molecule has 2 aromatic carbocycles. The maximum absolute atomic E-state index is 12.5. The van der Waals surface area contributed by atoms with Gasteiger partial charge in [-0.25, -0.2) is 0 Å². The third-order valence-electron chi connectivity index (χ3n) is 4.67. The summed E-state index contributed by atoms with van der Waals surface area (Å²) in [5.41, 5.74) is 3.19. The molecular formula is C21H22N4OS. The third kappa shape index (κ3) is 4.39. The lowest BCUT2D eigenvalue weighted by atomic mass is 10.0. The molecule has 1 heterocycles. The Morgan fingerprint density at radius 2 is 1.85 bits per heavy atom. The van der Waals surface area contributed by atoms with Gasteiger partial charge in [0.15, 0.2) is 5.16 Å². The summed E-state index contributed by atoms with van der Waals surface area (Å²) in [5, 5.41) is 12.3. The summed E-state index contributed by atoms with van der Waals surface area (Å²) in [5.74, 6) is 1.87. The molecule has 4 rings (SSSR count). The van der Waals surface area contributed by atoms with Crippen LogP contribution in [0.3, 0.4) is 0 Å². The van der Waals surface area contributed by atoms with Crippen molar-refractivity contribution >= 4 is 23.4 Å². The molecule has 1 N–H and O–H groups in total. The number of nitrogens with one attached hydrogen (secondary N) is 1. The summed E-state index contributed by atoms with van der Waals surface area (Å²) in [4.78, 5) is 12.5. The summed E-state index contributed by atoms with van der Waals surface area (Å²) in [6.07, 6.45) is 3.17. The highest BCUT2D eigenvalue weighted by molar-refractivity contribution is 7.99. The first-order valence-electron chi connectivity index (χ1n) is 9.14. The number of aromatic nitrogens is 3. The number of carbonyl (C=O) groups excluding carboxylic acids is 1. The van der Waals surface area contributed by atoms with Gasteiger partial charge in [-0.2, -0.15) is 0 Å². The Morgan fingerprint density at radius 1 is 1.11 bits per heavy atom. The zero-order chi connectivity index (χ0) is 18.6. The van der Waals surface area contributed by atoms with Crippen molar-refractivity contribution in [3.8, 4) is 0 Å². The van der Waals surface area contributed by atoms with E-state index < -0.39 is 0 Å². The van der Waals surface area contributed by atoms with Gasteiger partial charge in [-0.3, -0.25) is 4.79 Å². The number of carbonyl (C=O) groups is 1. The van der Waals surface area contributed by atoms with Gasteiger partial charge in [0, 0.05) is 18.7 Å². The summed E-state index contributed by atoms with van der Waals surface area (Å²) < 4.78 is 2.01. The molecule has 0 spiro atoms. The first-order chi connectivity index (χ1) is 13.2. The van der Waals surface area contributed by atoms with E-state index in [9.17, 15) is 4.79 Å². The fraction of sp³-hybridized carbons (Fsp3) is 0.286. The minimum absolute atomic E-state index is 0.0310. The number of nitrogens with zero attached hydrogens (tertiary/aromatic N) is 3. The van der Waals surface area contributed by atoms with Gasteiger partial charge in [0.25, 0.3) is 0 Å². The standard InChI is InChI=1S/C21H22N4OS/c1-25-20(16-11-12-16)23-24-21(25)27-14-19(26)22-18-10-6-5-9-17(18)13-15-7-3-2-4-8-15/h2-10,16H,11-14H2,1H3,(H,22,26). The molecule has 1 saturated carbocycles. The fourth-order valence-electron chi connectivity index (χ4n) is 3.08. The zero-order valence-corrected chi connectivity index (χ0v) is 16.1. The molecule has 0 bridgehead atoms. The minimum Gasteiger partial charge on any atom is -0.325 e. The topological polar surface area (TPSA) is 59.8 Å². The van der Waals surface area contributed by atoms with E-state index in [-0.39, 0.29) is 5.91 Å². The molecule has 1 amide bonds. The highest BCUT2D eigenvalue weighted by Gasteiger charge is 2.29. The summed E-state index contributed by atoms with van der Waals surface area (Å²) >= 11 is 1.43. The SMILES string of the molecule is Cn1c(SCC(=O)Nc2ccccc2Cc2ccccc2)nnc1C1CC1. The largest absolute Gasteiger partial charge is 0.325 e. The molecule has 3 aromatic rings. The molecule has 1 aromatic heterocycles. The van der Waals surface area contributed by atoms with Crippen LogP contribution in [0.5, 0.6) is 0 Å². The van der Waals surface area contributed by atoms with Crippen LogP contribution in [0.25, 0.3) is 0 Å². The third-order valence-corrected chi connectivity index (χ3v) is 5.69. The van der Waals surface area contributed by atoms with Gasteiger partial charge < -0.3 is 9.88 Å². The molecule has 6 heteroatoms. The lowest BCUT2D eigenvalue weighted by Gasteiger charge is -2.11. The Labute approximate surface area is 163 Å². The van der Waals surface area contributed by atoms with Crippen molar-refractivity contribution in [1.82, 2.24) is 14.8 Å². The molecule has 0 unspecified atom stereocenters. The second-order valence-electron chi connectivity index (χ2n) is 6.83. The Morgan fingerprint density at radius 3 is 2.63 bits per heavy atom. The molecular weight excluding hydrogens is 356 g/mol. The molecule has 0 aliphatic heterocycles. The molecule has 1 aliphatic carbocycles. The lowest BCUT2D eigenvalue weighted by molar-refractivity contribution is -0.113. The quantitative estimate of drug-likeness (QED) is 0.631. The maximum atomic E-state index is 12.5. The van der Waals surface area contributed by atoms with Crippen LogP contribution >= 0.6 is 11.8 Å². The number of hydrogen-bond acceptors (Lipinski definition) is 4. The van der Waals surface area contributed by atoms with Crippen molar-refractivity contribution in [2.24, 2.45) is 7.05 Å². The summed E-state index contributed by atoms with van der Waals surface area (Å²) in [6, 6.07) is 18.2. The van der Waals surface area contributed by atoms with E-state index in [0.717, 1.165) is 28.7 Å². The smallest absolute Gasteiger partial charge is 0.234 e. The second kappa shape index (κ2) is 7.96. The van der Waals surface area contributed by atoms with Gasteiger partial charge >= 0.3 is 0 Å². The fourth-order valence-corrected chi connectivity index (χ4v) is 3.80. The summed E-state index contributed by atoms with van der Waals surface area (Å²) in [6.45, 7) is 0. The van der Waals surface area contributed by atoms with Gasteiger partial charge in [-0.15, -0.1) is 10.2 Å². The van der Waals surface area contributed by atoms with Crippen molar-refractivity contribution in [3.05, 3.63) is 71.5 Å². The van der Waals surface area contributed by atoms with Crippen molar-refractivity contribution in [3.63, 3.8) is 0 Å². The number of rotatable bonds is 7. The highest BCUT2D eigenvalue weighted by Crippen LogP contribution is 2.39. The van der Waals surface area contributed by atoms with Gasteiger partial charge in [0.05, 0.1) is 5.75 Å². The number of hydrogen-bond donors (Lipinski definition) is 1. The van der Waals surface area contributed by atoms with Crippen molar-refractivity contribution in [2.45, 2.75) is 30.3 Å². The van der Waals surface area contributed by atoms with Crippen LogP contribution in [-0.2, 0) is 18.3 Å². The minimum atomic E-state index is -0.0310. The second-order valence-corrected chi connectivity index (χ2v) is 7.77. The maximum Gasteiger partial charge on any atom is 0.234 e. The average Bonchev–Trinajstić information content (AvgIpc) is 3.46. The van der Waals surface area contributed by atoms with Gasteiger partial charge in [0.1, 0.15) is 5.82 Å². The number of amides is 1. The highest BCUT2D eigenvalue weighted by atomic mass is 32.2. The van der Waals surface area contributed by atoms with E-state index >= 15 is 0 Å². The lowest BCUT2D eigenvalue weighted by Crippen LogP contribution is -2.16. The predicted molar refractivity (Wildman–Crippen MR) is 108 cm³/mol. The Bertz CT molecular complexity index is 934. The number of para-hydroxylation sites is 1. The average molecular weight is 379 g/mol. The van der Waals surface area contributed by atoms with Gasteiger partial charge in [0.2, 0.25) is 5.91 Å². The number of thioether (sulfide) groups is 1. The van der Waals surface area contributed by atoms with E-state index in [2.05, 4.69) is 33.7 Å². The van der Waals surface area contributed by atoms with E-state index in [4.69, 9.17) is 0 Å². The molecule has 0 radical (unpaired) electrons. The van der Waals surface area contributed by atoms with Crippen LogP contribution in [0.4, 0.5) is 5.69 Å².